The molecular formula is C15H26N2O3. The van der Waals surface area contributed by atoms with Crippen molar-refractivity contribution >= 4 is 12.0 Å². The fraction of sp³-hybridized carbons (Fsp3) is 0.867. The first kappa shape index (κ1) is 15.1. The average molecular weight is 282 g/mol. The summed E-state index contributed by atoms with van der Waals surface area (Å²) in [5, 5.41) is 8.82. The van der Waals surface area contributed by atoms with E-state index in [0.717, 1.165) is 45.2 Å². The minimum atomic E-state index is -0.832. The number of likely N-dealkylation sites (tertiary alicyclic amines) is 1. The van der Waals surface area contributed by atoms with Gasteiger partial charge in [-0.1, -0.05) is 13.8 Å². The molecule has 5 heteroatoms. The molecule has 20 heavy (non-hydrogen) atoms. The Morgan fingerprint density at radius 2 is 1.95 bits per heavy atom. The molecule has 0 atom stereocenters. The Balaban J connectivity index is 1.96. The fourth-order valence-electron chi connectivity index (χ4n) is 3.14. The summed E-state index contributed by atoms with van der Waals surface area (Å²) in [6.45, 7) is 6.38. The molecule has 2 fully saturated rings. The van der Waals surface area contributed by atoms with Crippen molar-refractivity contribution in [2.75, 3.05) is 19.6 Å². The largest absolute Gasteiger partial charge is 0.481 e. The van der Waals surface area contributed by atoms with Crippen molar-refractivity contribution < 1.29 is 14.7 Å². The van der Waals surface area contributed by atoms with Crippen LogP contribution in [0.1, 0.15) is 52.4 Å². The maximum Gasteiger partial charge on any atom is 0.320 e. The number of amides is 2. The number of carbonyl (C=O) groups is 2. The molecule has 0 aromatic rings. The van der Waals surface area contributed by atoms with Gasteiger partial charge in [0.25, 0.3) is 0 Å². The Morgan fingerprint density at radius 3 is 2.40 bits per heavy atom. The van der Waals surface area contributed by atoms with Crippen LogP contribution in [-0.4, -0.2) is 52.6 Å². The highest BCUT2D eigenvalue weighted by Gasteiger charge is 2.41. The average Bonchev–Trinajstić information content (AvgIpc) is 3.17. The van der Waals surface area contributed by atoms with Gasteiger partial charge in [0.1, 0.15) is 0 Å². The van der Waals surface area contributed by atoms with Crippen LogP contribution in [0, 0.1) is 5.41 Å². The number of nitrogens with zero attached hydrogens (tertiary/aromatic N) is 2. The Kier molecular flexibility index (Phi) is 4.55. The first-order valence-electron chi connectivity index (χ1n) is 7.78. The Hall–Kier alpha value is -1.26. The molecule has 1 aliphatic heterocycles. The predicted octanol–water partition coefficient (Wildman–Crippen LogP) is 2.56. The molecule has 1 saturated heterocycles. The summed E-state index contributed by atoms with van der Waals surface area (Å²) in [6, 6.07) is 0.331. The molecule has 2 rings (SSSR count). The number of hydrogen-bond donors (Lipinski definition) is 1. The Morgan fingerprint density at radius 1 is 1.30 bits per heavy atom. The molecule has 0 unspecified atom stereocenters. The van der Waals surface area contributed by atoms with Crippen LogP contribution in [0.3, 0.4) is 0 Å². The number of urea groups is 1. The zero-order valence-corrected chi connectivity index (χ0v) is 12.6. The predicted molar refractivity (Wildman–Crippen MR) is 76.6 cm³/mol. The van der Waals surface area contributed by atoms with Crippen molar-refractivity contribution in [2.24, 2.45) is 5.41 Å². The first-order valence-corrected chi connectivity index (χ1v) is 7.78. The number of carboxylic acids is 1. The van der Waals surface area contributed by atoms with Crippen LogP contribution < -0.4 is 0 Å². The summed E-state index contributed by atoms with van der Waals surface area (Å²) in [5.74, 6) is -0.832. The Labute approximate surface area is 120 Å². The summed E-state index contributed by atoms with van der Waals surface area (Å²) in [6.07, 6.45) is 5.36. The van der Waals surface area contributed by atoms with Crippen molar-refractivity contribution in [1.82, 2.24) is 9.80 Å². The number of carboxylic acid groups (broad SMARTS) is 1. The van der Waals surface area contributed by atoms with Gasteiger partial charge in [-0.25, -0.2) is 4.79 Å². The molecule has 114 valence electrons. The summed E-state index contributed by atoms with van der Waals surface area (Å²) in [4.78, 5) is 27.1. The van der Waals surface area contributed by atoms with Crippen LogP contribution in [0.5, 0.6) is 0 Å². The smallest absolute Gasteiger partial charge is 0.320 e. The molecule has 0 aromatic carbocycles. The lowest BCUT2D eigenvalue weighted by atomic mass is 9.82. The van der Waals surface area contributed by atoms with Crippen molar-refractivity contribution in [3.63, 3.8) is 0 Å². The molecule has 0 radical (unpaired) electrons. The molecule has 0 spiro atoms. The van der Waals surface area contributed by atoms with Crippen LogP contribution in [0.4, 0.5) is 4.79 Å². The third kappa shape index (κ3) is 3.25. The lowest BCUT2D eigenvalue weighted by Crippen LogP contribution is -2.45. The van der Waals surface area contributed by atoms with Gasteiger partial charge in [0.2, 0.25) is 0 Å². The second-order valence-corrected chi connectivity index (χ2v) is 6.23. The summed E-state index contributed by atoms with van der Waals surface area (Å²) >= 11 is 0. The molecule has 0 aromatic heterocycles. The standard InChI is InChI=1S/C15H26N2O3/c1-3-15(4-2)8-10-16(11-15)14(20)17(12-5-6-12)9-7-13(18)19/h12H,3-11H2,1-2H3,(H,18,19). The highest BCUT2D eigenvalue weighted by Crippen LogP contribution is 2.38. The Bertz CT molecular complexity index is 375. The van der Waals surface area contributed by atoms with Crippen molar-refractivity contribution in [1.29, 1.82) is 0 Å². The molecule has 1 heterocycles. The minimum absolute atomic E-state index is 0.0444. The second-order valence-electron chi connectivity index (χ2n) is 6.23. The number of hydrogen-bond acceptors (Lipinski definition) is 2. The summed E-state index contributed by atoms with van der Waals surface area (Å²) in [5.41, 5.74) is 0.275. The molecule has 1 aliphatic carbocycles. The van der Waals surface area contributed by atoms with E-state index in [1.165, 1.54) is 0 Å². The third-order valence-electron chi connectivity index (χ3n) is 5.01. The maximum atomic E-state index is 12.6. The third-order valence-corrected chi connectivity index (χ3v) is 5.01. The second kappa shape index (κ2) is 6.02. The van der Waals surface area contributed by atoms with Crippen LogP contribution in [0.2, 0.25) is 0 Å². The van der Waals surface area contributed by atoms with E-state index in [1.54, 1.807) is 4.90 Å². The van der Waals surface area contributed by atoms with Crippen LogP contribution >= 0.6 is 0 Å². The molecule has 2 aliphatic rings. The number of carbonyl (C=O) groups excluding carboxylic acids is 1. The first-order chi connectivity index (χ1) is 9.51. The van der Waals surface area contributed by atoms with E-state index in [-0.39, 0.29) is 23.9 Å². The maximum absolute atomic E-state index is 12.6. The highest BCUT2D eigenvalue weighted by molar-refractivity contribution is 5.76. The van der Waals surface area contributed by atoms with E-state index >= 15 is 0 Å². The van der Waals surface area contributed by atoms with Gasteiger partial charge in [-0.15, -0.1) is 0 Å². The number of rotatable bonds is 6. The SMILES string of the molecule is CCC1(CC)CCN(C(=O)N(CCC(=O)O)C2CC2)C1. The molecule has 5 nitrogen and oxygen atoms in total. The molecule has 0 bridgehead atoms. The zero-order valence-electron chi connectivity index (χ0n) is 12.6. The van der Waals surface area contributed by atoms with E-state index in [0.29, 0.717) is 6.54 Å². The topological polar surface area (TPSA) is 60.9 Å². The molecule has 2 amide bonds. The van der Waals surface area contributed by atoms with Gasteiger partial charge < -0.3 is 14.9 Å². The lowest BCUT2D eigenvalue weighted by Gasteiger charge is -2.30. The van der Waals surface area contributed by atoms with Gasteiger partial charge in [-0.3, -0.25) is 4.79 Å². The number of aliphatic carboxylic acids is 1. The van der Waals surface area contributed by atoms with Crippen molar-refractivity contribution in [3.05, 3.63) is 0 Å². The molecule has 1 N–H and O–H groups in total. The molecule has 1 saturated carbocycles. The van der Waals surface area contributed by atoms with Gasteiger partial charge >= 0.3 is 12.0 Å². The van der Waals surface area contributed by atoms with Crippen molar-refractivity contribution in [3.8, 4) is 0 Å². The van der Waals surface area contributed by atoms with Gasteiger partial charge in [-0.05, 0) is 37.5 Å². The lowest BCUT2D eigenvalue weighted by molar-refractivity contribution is -0.137. The van der Waals surface area contributed by atoms with E-state index in [2.05, 4.69) is 13.8 Å². The highest BCUT2D eigenvalue weighted by atomic mass is 16.4. The van der Waals surface area contributed by atoms with Crippen molar-refractivity contribution in [2.45, 2.75) is 58.4 Å². The van der Waals surface area contributed by atoms with Crippen LogP contribution in [0.25, 0.3) is 0 Å². The zero-order chi connectivity index (χ0) is 14.8. The van der Waals surface area contributed by atoms with Crippen LogP contribution in [-0.2, 0) is 4.79 Å². The van der Waals surface area contributed by atoms with Gasteiger partial charge in [-0.2, -0.15) is 0 Å². The monoisotopic (exact) mass is 282 g/mol. The van der Waals surface area contributed by atoms with E-state index in [1.807, 2.05) is 4.90 Å². The minimum Gasteiger partial charge on any atom is -0.481 e. The molecular weight excluding hydrogens is 256 g/mol. The van der Waals surface area contributed by atoms with Crippen LogP contribution in [0.15, 0.2) is 0 Å². The summed E-state index contributed by atoms with van der Waals surface area (Å²) < 4.78 is 0. The van der Waals surface area contributed by atoms with E-state index < -0.39 is 5.97 Å². The van der Waals surface area contributed by atoms with E-state index in [4.69, 9.17) is 5.11 Å². The normalized spacial score (nSPS) is 21.0. The van der Waals surface area contributed by atoms with Gasteiger partial charge in [0, 0.05) is 25.7 Å². The quantitative estimate of drug-likeness (QED) is 0.814. The van der Waals surface area contributed by atoms with E-state index in [9.17, 15) is 9.59 Å². The summed E-state index contributed by atoms with van der Waals surface area (Å²) in [7, 11) is 0. The van der Waals surface area contributed by atoms with Gasteiger partial charge in [0.15, 0.2) is 0 Å². The fourth-order valence-corrected chi connectivity index (χ4v) is 3.14. The van der Waals surface area contributed by atoms with Gasteiger partial charge in [0.05, 0.1) is 6.42 Å².